The molecule has 0 spiro atoms. The van der Waals surface area contributed by atoms with Crippen LogP contribution in [0.3, 0.4) is 0 Å². The van der Waals surface area contributed by atoms with Crippen molar-refractivity contribution < 1.29 is 24.2 Å². The zero-order chi connectivity index (χ0) is 11.0. The lowest BCUT2D eigenvalue weighted by Crippen LogP contribution is -2.14. The van der Waals surface area contributed by atoms with E-state index >= 15 is 0 Å². The molecule has 5 nitrogen and oxygen atoms in total. The summed E-state index contributed by atoms with van der Waals surface area (Å²) in [4.78, 5) is 21.5. The molecule has 0 heterocycles. The molecule has 0 aromatic rings. The largest absolute Gasteiger partial charge is 0.875 e. The van der Waals surface area contributed by atoms with Crippen LogP contribution in [0, 0.1) is 0 Å². The molecule has 5 heteroatoms. The van der Waals surface area contributed by atoms with Gasteiger partial charge in [-0.3, -0.25) is 4.79 Å². The lowest BCUT2D eigenvalue weighted by Gasteiger charge is -2.09. The van der Waals surface area contributed by atoms with Crippen molar-refractivity contribution in [2.75, 3.05) is 13.2 Å². The second-order valence-electron chi connectivity index (χ2n) is 2.34. The van der Waals surface area contributed by atoms with Crippen LogP contribution in [0.2, 0.25) is 0 Å². The molecule has 0 rings (SSSR count). The topological polar surface area (TPSA) is 75.7 Å². The van der Waals surface area contributed by atoms with E-state index in [-0.39, 0.29) is 13.2 Å². The lowest BCUT2D eigenvalue weighted by atomic mass is 10.3. The number of rotatable bonds is 5. The zero-order valence-corrected chi connectivity index (χ0v) is 8.24. The van der Waals surface area contributed by atoms with Crippen molar-refractivity contribution in [3.05, 3.63) is 11.8 Å². The molecule has 0 aromatic carbocycles. The Hall–Kier alpha value is -1.52. The fourth-order valence-corrected chi connectivity index (χ4v) is 0.721. The van der Waals surface area contributed by atoms with E-state index in [9.17, 15) is 14.7 Å². The molecule has 0 aliphatic rings. The van der Waals surface area contributed by atoms with Gasteiger partial charge in [0.1, 0.15) is 0 Å². The Morgan fingerprint density at radius 1 is 1.21 bits per heavy atom. The fraction of sp³-hybridized carbons (Fsp3) is 0.556. The summed E-state index contributed by atoms with van der Waals surface area (Å²) < 4.78 is 9.01. The molecule has 0 aliphatic heterocycles. The van der Waals surface area contributed by atoms with Crippen LogP contribution in [0.5, 0.6) is 0 Å². The minimum atomic E-state index is -0.734. The first-order valence-electron chi connectivity index (χ1n) is 4.30. The second-order valence-corrected chi connectivity index (χ2v) is 2.34. The van der Waals surface area contributed by atoms with Crippen LogP contribution >= 0.6 is 0 Å². The Bertz CT molecular complexity index is 231. The Labute approximate surface area is 82.3 Å². The summed E-state index contributed by atoms with van der Waals surface area (Å²) in [5.41, 5.74) is 0. The highest BCUT2D eigenvalue weighted by atomic mass is 16.5. The third-order valence-corrected chi connectivity index (χ3v) is 1.19. The highest BCUT2D eigenvalue weighted by molar-refractivity contribution is 5.83. The predicted molar refractivity (Wildman–Crippen MR) is 46.0 cm³/mol. The van der Waals surface area contributed by atoms with Crippen LogP contribution in [-0.4, -0.2) is 25.2 Å². The molecule has 0 saturated heterocycles. The summed E-state index contributed by atoms with van der Waals surface area (Å²) in [7, 11) is 0. The summed E-state index contributed by atoms with van der Waals surface area (Å²) in [5, 5.41) is 11.0. The fourth-order valence-electron chi connectivity index (χ4n) is 0.721. The first-order valence-corrected chi connectivity index (χ1v) is 4.30. The zero-order valence-electron chi connectivity index (χ0n) is 8.24. The van der Waals surface area contributed by atoms with E-state index in [0.29, 0.717) is 0 Å². The van der Waals surface area contributed by atoms with Crippen LogP contribution in [0.4, 0.5) is 0 Å². The normalized spacial score (nSPS) is 10.9. The predicted octanol–water partition coefficient (Wildman–Crippen LogP) is -0.253. The van der Waals surface area contributed by atoms with Gasteiger partial charge in [0.15, 0.2) is 0 Å². The lowest BCUT2D eigenvalue weighted by molar-refractivity contribution is -0.306. The Morgan fingerprint density at radius 2 is 1.79 bits per heavy atom. The third kappa shape index (κ3) is 6.05. The minimum Gasteiger partial charge on any atom is -0.875 e. The van der Waals surface area contributed by atoms with Crippen molar-refractivity contribution in [3.8, 4) is 0 Å². The summed E-state index contributed by atoms with van der Waals surface area (Å²) in [5.74, 6) is -1.98. The smallest absolute Gasteiger partial charge is 0.329 e. The van der Waals surface area contributed by atoms with E-state index in [1.165, 1.54) is 0 Å². The Morgan fingerprint density at radius 3 is 2.29 bits per heavy atom. The molecule has 0 atom stereocenters. The summed E-state index contributed by atoms with van der Waals surface area (Å²) in [6.07, 6.45) is 0.326. The first-order chi connectivity index (χ1) is 6.60. The second kappa shape index (κ2) is 6.94. The van der Waals surface area contributed by atoms with Crippen LogP contribution in [0.1, 0.15) is 20.3 Å². The van der Waals surface area contributed by atoms with E-state index in [2.05, 4.69) is 9.47 Å². The number of carbonyl (C=O) groups excluding carboxylic acids is 2. The molecule has 0 unspecified atom stereocenters. The summed E-state index contributed by atoms with van der Waals surface area (Å²) >= 11 is 0. The number of esters is 2. The van der Waals surface area contributed by atoms with Gasteiger partial charge in [-0.1, -0.05) is 0 Å². The third-order valence-electron chi connectivity index (χ3n) is 1.19. The van der Waals surface area contributed by atoms with Crippen LogP contribution in [-0.2, 0) is 19.1 Å². The van der Waals surface area contributed by atoms with Gasteiger partial charge >= 0.3 is 11.9 Å². The van der Waals surface area contributed by atoms with Crippen molar-refractivity contribution in [2.45, 2.75) is 20.3 Å². The molecule has 0 N–H and O–H groups in total. The van der Waals surface area contributed by atoms with Gasteiger partial charge < -0.3 is 14.6 Å². The maximum atomic E-state index is 11.0. The van der Waals surface area contributed by atoms with Gasteiger partial charge in [0.05, 0.1) is 19.6 Å². The van der Waals surface area contributed by atoms with Crippen molar-refractivity contribution in [3.63, 3.8) is 0 Å². The molecule has 0 radical (unpaired) electrons. The van der Waals surface area contributed by atoms with Crippen molar-refractivity contribution in [1.29, 1.82) is 0 Å². The summed E-state index contributed by atoms with van der Waals surface area (Å²) in [6.45, 7) is 3.67. The molecule has 0 amide bonds. The maximum Gasteiger partial charge on any atom is 0.329 e. The number of carbonyl (C=O) groups is 2. The van der Waals surface area contributed by atoms with Gasteiger partial charge in [-0.2, -0.15) is 0 Å². The summed E-state index contributed by atoms with van der Waals surface area (Å²) in [6, 6.07) is 0. The van der Waals surface area contributed by atoms with E-state index < -0.39 is 24.1 Å². The molecule has 0 fully saturated rings. The van der Waals surface area contributed by atoms with E-state index in [1.807, 2.05) is 0 Å². The van der Waals surface area contributed by atoms with Gasteiger partial charge in [0.25, 0.3) is 0 Å². The molecule has 14 heavy (non-hydrogen) atoms. The van der Waals surface area contributed by atoms with E-state index in [4.69, 9.17) is 0 Å². The monoisotopic (exact) mass is 201 g/mol. The van der Waals surface area contributed by atoms with Crippen LogP contribution in [0.25, 0.3) is 0 Å². The van der Waals surface area contributed by atoms with Gasteiger partial charge in [-0.25, -0.2) is 4.79 Å². The molecule has 80 valence electrons. The maximum absolute atomic E-state index is 11.0. The van der Waals surface area contributed by atoms with Crippen LogP contribution in [0.15, 0.2) is 11.8 Å². The van der Waals surface area contributed by atoms with Crippen molar-refractivity contribution in [1.82, 2.24) is 0 Å². The van der Waals surface area contributed by atoms with Gasteiger partial charge in [-0.15, -0.1) is 5.76 Å². The molecule has 0 aliphatic carbocycles. The standard InChI is InChI=1S/C9H14O5/c1-3-13-8(11)5-7(10)6-9(12)14-4-2/h5,10H,3-4,6H2,1-2H3/p-1/b7-5-. The van der Waals surface area contributed by atoms with E-state index in [1.54, 1.807) is 13.8 Å². The molecule has 0 saturated carbocycles. The van der Waals surface area contributed by atoms with Crippen molar-refractivity contribution >= 4 is 11.9 Å². The van der Waals surface area contributed by atoms with Gasteiger partial charge in [0.2, 0.25) is 0 Å². The molecular weight excluding hydrogens is 188 g/mol. The quantitative estimate of drug-likeness (QED) is 0.348. The Kier molecular flexibility index (Phi) is 6.19. The first kappa shape index (κ1) is 12.5. The number of hydrogen-bond acceptors (Lipinski definition) is 5. The molecular formula is C9H13O5-. The number of ether oxygens (including phenoxy) is 2. The Balaban J connectivity index is 3.99. The highest BCUT2D eigenvalue weighted by Crippen LogP contribution is 1.96. The van der Waals surface area contributed by atoms with Gasteiger partial charge in [0, 0.05) is 6.08 Å². The molecule has 0 aromatic heterocycles. The average molecular weight is 201 g/mol. The SMILES string of the molecule is CCOC(=O)/C=C(\[O-])CC(=O)OCC. The van der Waals surface area contributed by atoms with E-state index in [0.717, 1.165) is 6.08 Å². The highest BCUT2D eigenvalue weighted by Gasteiger charge is 2.01. The van der Waals surface area contributed by atoms with Crippen molar-refractivity contribution in [2.24, 2.45) is 0 Å². The number of hydrogen-bond donors (Lipinski definition) is 0. The minimum absolute atomic E-state index is 0.196. The van der Waals surface area contributed by atoms with Crippen LogP contribution < -0.4 is 5.11 Å². The molecule has 0 bridgehead atoms. The average Bonchev–Trinajstić information content (AvgIpc) is 2.03. The van der Waals surface area contributed by atoms with Gasteiger partial charge in [-0.05, 0) is 13.8 Å².